The Kier molecular flexibility index (Phi) is 4.52. The smallest absolute Gasteiger partial charge is 0.368 e. The van der Waals surface area contributed by atoms with Gasteiger partial charge in [-0.3, -0.25) is 0 Å². The molecule has 0 atom stereocenters. The average Bonchev–Trinajstić information content (AvgIpc) is 3.28. The molecule has 0 radical (unpaired) electrons. The summed E-state index contributed by atoms with van der Waals surface area (Å²) in [5.41, 5.74) is 4.32. The zero-order valence-electron chi connectivity index (χ0n) is 15.9. The molecule has 0 spiro atoms. The predicted molar refractivity (Wildman–Crippen MR) is 104 cm³/mol. The number of rotatable bonds is 5. The summed E-state index contributed by atoms with van der Waals surface area (Å²) in [6.07, 6.45) is 1.86. The van der Waals surface area contributed by atoms with E-state index in [1.165, 1.54) is 9.36 Å². The van der Waals surface area contributed by atoms with E-state index in [9.17, 15) is 4.79 Å². The van der Waals surface area contributed by atoms with Crippen LogP contribution in [-0.4, -0.2) is 29.6 Å². The van der Waals surface area contributed by atoms with E-state index in [1.54, 1.807) is 11.7 Å². The molecule has 28 heavy (non-hydrogen) atoms. The van der Waals surface area contributed by atoms with Crippen LogP contribution in [-0.2, 0) is 13.7 Å². The first-order valence-electron chi connectivity index (χ1n) is 8.87. The molecule has 0 fully saturated rings. The standard InChI is InChI=1S/C20H20N6O2/c1-14-8-6-10-18(26-20(27)24(3)22-23-26)16(14)13-28-19-11-12-25(21-19)17-9-5-4-7-15(17)2/h4-12H,13H2,1-3H3. The zero-order valence-corrected chi connectivity index (χ0v) is 15.9. The summed E-state index contributed by atoms with van der Waals surface area (Å²) in [5, 5.41) is 12.2. The highest BCUT2D eigenvalue weighted by Gasteiger charge is 2.14. The van der Waals surface area contributed by atoms with Crippen LogP contribution in [0.1, 0.15) is 16.7 Å². The van der Waals surface area contributed by atoms with Crippen molar-refractivity contribution in [3.05, 3.63) is 81.9 Å². The van der Waals surface area contributed by atoms with Crippen LogP contribution in [0.25, 0.3) is 11.4 Å². The Morgan fingerprint density at radius 1 is 0.929 bits per heavy atom. The van der Waals surface area contributed by atoms with E-state index in [4.69, 9.17) is 4.74 Å². The minimum Gasteiger partial charge on any atom is -0.472 e. The Morgan fingerprint density at radius 3 is 2.43 bits per heavy atom. The summed E-state index contributed by atoms with van der Waals surface area (Å²) in [4.78, 5) is 12.2. The minimum atomic E-state index is -0.310. The molecule has 0 aliphatic rings. The van der Waals surface area contributed by atoms with Gasteiger partial charge in [0.25, 0.3) is 0 Å². The lowest BCUT2D eigenvalue weighted by Crippen LogP contribution is -2.23. The van der Waals surface area contributed by atoms with Crippen LogP contribution in [0.3, 0.4) is 0 Å². The lowest BCUT2D eigenvalue weighted by atomic mass is 10.1. The fraction of sp³-hybridized carbons (Fsp3) is 0.200. The second-order valence-electron chi connectivity index (χ2n) is 6.54. The van der Waals surface area contributed by atoms with Gasteiger partial charge in [-0.1, -0.05) is 30.3 Å². The van der Waals surface area contributed by atoms with Gasteiger partial charge in [0.15, 0.2) is 0 Å². The number of hydrogen-bond donors (Lipinski definition) is 0. The third kappa shape index (κ3) is 3.20. The van der Waals surface area contributed by atoms with Crippen molar-refractivity contribution in [3.63, 3.8) is 0 Å². The number of tetrazole rings is 1. The molecule has 0 N–H and O–H groups in total. The third-order valence-corrected chi connectivity index (χ3v) is 4.63. The van der Waals surface area contributed by atoms with Gasteiger partial charge in [-0.25, -0.2) is 9.48 Å². The van der Waals surface area contributed by atoms with Crippen LogP contribution in [0.15, 0.2) is 59.5 Å². The van der Waals surface area contributed by atoms with E-state index in [0.717, 1.165) is 22.4 Å². The fourth-order valence-electron chi connectivity index (χ4n) is 3.02. The molecule has 8 nitrogen and oxygen atoms in total. The topological polar surface area (TPSA) is 79.8 Å². The molecule has 0 bridgehead atoms. The number of nitrogens with zero attached hydrogens (tertiary/aromatic N) is 6. The van der Waals surface area contributed by atoms with Crippen molar-refractivity contribution >= 4 is 0 Å². The molecule has 8 heteroatoms. The van der Waals surface area contributed by atoms with Gasteiger partial charge in [-0.2, -0.15) is 9.36 Å². The lowest BCUT2D eigenvalue weighted by molar-refractivity contribution is 0.290. The Bertz CT molecular complexity index is 1190. The van der Waals surface area contributed by atoms with Crippen molar-refractivity contribution in [2.24, 2.45) is 7.05 Å². The first-order valence-corrected chi connectivity index (χ1v) is 8.87. The van der Waals surface area contributed by atoms with Crippen molar-refractivity contribution in [2.45, 2.75) is 20.5 Å². The fourth-order valence-corrected chi connectivity index (χ4v) is 3.02. The van der Waals surface area contributed by atoms with E-state index < -0.39 is 0 Å². The first kappa shape index (κ1) is 17.7. The van der Waals surface area contributed by atoms with Gasteiger partial charge in [0.2, 0.25) is 5.88 Å². The number of ether oxygens (including phenoxy) is 1. The van der Waals surface area contributed by atoms with Gasteiger partial charge >= 0.3 is 5.69 Å². The van der Waals surface area contributed by atoms with Crippen LogP contribution in [0.4, 0.5) is 0 Å². The predicted octanol–water partition coefficient (Wildman–Crippen LogP) is 2.35. The third-order valence-electron chi connectivity index (χ3n) is 4.63. The highest BCUT2D eigenvalue weighted by molar-refractivity contribution is 5.44. The number of para-hydroxylation sites is 1. The number of benzene rings is 2. The van der Waals surface area contributed by atoms with Crippen LogP contribution >= 0.6 is 0 Å². The molecule has 0 amide bonds. The quantitative estimate of drug-likeness (QED) is 0.534. The molecule has 142 valence electrons. The second-order valence-corrected chi connectivity index (χ2v) is 6.54. The Labute approximate surface area is 161 Å². The molecular weight excluding hydrogens is 356 g/mol. The molecule has 0 unspecified atom stereocenters. The number of aryl methyl sites for hydroxylation is 3. The summed E-state index contributed by atoms with van der Waals surface area (Å²) in [5.74, 6) is 0.504. The maximum absolute atomic E-state index is 12.2. The number of hydrogen-bond acceptors (Lipinski definition) is 5. The van der Waals surface area contributed by atoms with Gasteiger partial charge < -0.3 is 4.74 Å². The number of aromatic nitrogens is 6. The largest absolute Gasteiger partial charge is 0.472 e. The molecule has 2 heterocycles. The summed E-state index contributed by atoms with van der Waals surface area (Å²) < 4.78 is 10.2. The zero-order chi connectivity index (χ0) is 19.7. The highest BCUT2D eigenvalue weighted by Crippen LogP contribution is 2.20. The summed E-state index contributed by atoms with van der Waals surface area (Å²) >= 11 is 0. The second kappa shape index (κ2) is 7.15. The molecule has 0 saturated heterocycles. The summed E-state index contributed by atoms with van der Waals surface area (Å²) in [7, 11) is 1.57. The van der Waals surface area contributed by atoms with Crippen molar-refractivity contribution < 1.29 is 4.74 Å². The average molecular weight is 376 g/mol. The minimum absolute atomic E-state index is 0.260. The van der Waals surface area contributed by atoms with Crippen molar-refractivity contribution in [2.75, 3.05) is 0 Å². The van der Waals surface area contributed by atoms with Crippen LogP contribution in [0.5, 0.6) is 5.88 Å². The van der Waals surface area contributed by atoms with Crippen LogP contribution in [0, 0.1) is 13.8 Å². The van der Waals surface area contributed by atoms with E-state index in [2.05, 4.69) is 15.5 Å². The first-order chi connectivity index (χ1) is 13.5. The van der Waals surface area contributed by atoms with Crippen molar-refractivity contribution in [1.29, 1.82) is 0 Å². The van der Waals surface area contributed by atoms with Crippen molar-refractivity contribution in [1.82, 2.24) is 29.6 Å². The SMILES string of the molecule is Cc1ccccc1-n1ccc(OCc2c(C)cccc2-n2nnn(C)c2=O)n1. The van der Waals surface area contributed by atoms with Crippen LogP contribution < -0.4 is 10.4 Å². The Morgan fingerprint density at radius 2 is 1.68 bits per heavy atom. The maximum atomic E-state index is 12.2. The molecule has 0 aliphatic carbocycles. The Hall–Kier alpha value is -3.68. The molecular formula is C20H20N6O2. The van der Waals surface area contributed by atoms with Crippen LogP contribution in [0.2, 0.25) is 0 Å². The molecule has 0 aliphatic heterocycles. The van der Waals surface area contributed by atoms with Crippen molar-refractivity contribution in [3.8, 4) is 17.3 Å². The Balaban J connectivity index is 1.61. The van der Waals surface area contributed by atoms with E-state index in [0.29, 0.717) is 11.6 Å². The van der Waals surface area contributed by atoms with E-state index in [-0.39, 0.29) is 12.3 Å². The van der Waals surface area contributed by atoms with Gasteiger partial charge in [0, 0.05) is 24.9 Å². The highest BCUT2D eigenvalue weighted by atomic mass is 16.5. The summed E-state index contributed by atoms with van der Waals surface area (Å²) in [6.45, 7) is 4.26. The molecule has 4 rings (SSSR count). The molecule has 4 aromatic rings. The maximum Gasteiger partial charge on any atom is 0.368 e. The van der Waals surface area contributed by atoms with Gasteiger partial charge in [-0.05, 0) is 47.5 Å². The van der Waals surface area contributed by atoms with Gasteiger partial charge in [-0.15, -0.1) is 5.10 Å². The molecule has 2 aromatic carbocycles. The molecule has 0 saturated carbocycles. The summed E-state index contributed by atoms with van der Waals surface area (Å²) in [6, 6.07) is 15.5. The van der Waals surface area contributed by atoms with Gasteiger partial charge in [0.1, 0.15) is 6.61 Å². The normalized spacial score (nSPS) is 11.0. The van der Waals surface area contributed by atoms with Gasteiger partial charge in [0.05, 0.1) is 11.4 Å². The van der Waals surface area contributed by atoms with E-state index >= 15 is 0 Å². The monoisotopic (exact) mass is 376 g/mol. The lowest BCUT2D eigenvalue weighted by Gasteiger charge is -2.11. The van der Waals surface area contributed by atoms with E-state index in [1.807, 2.05) is 68.6 Å². The molecule has 2 aromatic heterocycles.